The predicted molar refractivity (Wildman–Crippen MR) is 62.7 cm³/mol. The second-order valence-electron chi connectivity index (χ2n) is 4.16. The van der Waals surface area contributed by atoms with Gasteiger partial charge in [-0.25, -0.2) is 12.8 Å². The number of benzene rings is 1. The third-order valence-electron chi connectivity index (χ3n) is 2.48. The number of fused-ring (bicyclic) bond motifs is 1. The Labute approximate surface area is 99.8 Å². The average molecular weight is 256 g/mol. The molecule has 0 unspecified atom stereocenters. The lowest BCUT2D eigenvalue weighted by atomic mass is 10.2. The Morgan fingerprint density at radius 2 is 2.06 bits per heavy atom. The third kappa shape index (κ3) is 2.25. The summed E-state index contributed by atoms with van der Waals surface area (Å²) in [6, 6.07) is 3.66. The highest BCUT2D eigenvalue weighted by atomic mass is 32.2. The van der Waals surface area contributed by atoms with E-state index < -0.39 is 15.7 Å². The predicted octanol–water partition coefficient (Wildman–Crippen LogP) is 2.38. The molecule has 3 nitrogen and oxygen atoms in total. The smallest absolute Gasteiger partial charge is 0.205 e. The number of hydrogen-bond donors (Lipinski definition) is 0. The van der Waals surface area contributed by atoms with Crippen LogP contribution in [0.4, 0.5) is 4.39 Å². The van der Waals surface area contributed by atoms with Gasteiger partial charge in [-0.15, -0.1) is 0 Å². The summed E-state index contributed by atoms with van der Waals surface area (Å²) in [5, 5.41) is 0. The molecule has 1 aromatic rings. The van der Waals surface area contributed by atoms with Gasteiger partial charge in [-0.2, -0.15) is 0 Å². The Kier molecular flexibility index (Phi) is 3.05. The summed E-state index contributed by atoms with van der Waals surface area (Å²) >= 11 is 0. The van der Waals surface area contributed by atoms with Crippen LogP contribution in [0.5, 0.6) is 0 Å². The van der Waals surface area contributed by atoms with Crippen LogP contribution >= 0.6 is 0 Å². The van der Waals surface area contributed by atoms with Crippen molar-refractivity contribution < 1.29 is 17.5 Å². The van der Waals surface area contributed by atoms with E-state index in [0.29, 0.717) is 5.56 Å². The van der Waals surface area contributed by atoms with Crippen LogP contribution in [0.15, 0.2) is 28.0 Å². The molecule has 5 heteroatoms. The Bertz CT molecular complexity index is 573. The molecule has 0 radical (unpaired) electrons. The molecule has 1 aromatic carbocycles. The molecule has 0 aromatic heterocycles. The van der Waals surface area contributed by atoms with Gasteiger partial charge in [0.2, 0.25) is 9.84 Å². The van der Waals surface area contributed by atoms with Crippen molar-refractivity contribution >= 4 is 15.9 Å². The van der Waals surface area contributed by atoms with E-state index in [-0.39, 0.29) is 22.5 Å². The number of hydrogen-bond acceptors (Lipinski definition) is 3. The Morgan fingerprint density at radius 3 is 2.71 bits per heavy atom. The van der Waals surface area contributed by atoms with Crippen molar-refractivity contribution in [2.45, 2.75) is 24.8 Å². The topological polar surface area (TPSA) is 43.4 Å². The molecule has 0 amide bonds. The monoisotopic (exact) mass is 256 g/mol. The number of halogens is 1. The zero-order valence-corrected chi connectivity index (χ0v) is 10.4. The van der Waals surface area contributed by atoms with Crippen LogP contribution in [0.2, 0.25) is 0 Å². The van der Waals surface area contributed by atoms with Crippen molar-refractivity contribution in [3.05, 3.63) is 34.5 Å². The van der Waals surface area contributed by atoms with Crippen LogP contribution < -0.4 is 0 Å². The van der Waals surface area contributed by atoms with Gasteiger partial charge >= 0.3 is 0 Å². The quantitative estimate of drug-likeness (QED) is 0.780. The molecule has 0 spiro atoms. The van der Waals surface area contributed by atoms with Gasteiger partial charge in [0.25, 0.3) is 0 Å². The SMILES string of the molecule is CC(C)OCC1=Cc2cc(F)ccc2S1(=O)=O. The standard InChI is InChI=1S/C12H13FO3S/c1-8(2)16-7-11-6-9-5-10(13)3-4-12(9)17(11,14)15/h3-6,8H,7H2,1-2H3. The largest absolute Gasteiger partial charge is 0.373 e. The van der Waals surface area contributed by atoms with E-state index >= 15 is 0 Å². The fourth-order valence-electron chi connectivity index (χ4n) is 1.64. The molecule has 0 aliphatic carbocycles. The molecule has 1 aliphatic rings. The van der Waals surface area contributed by atoms with Crippen LogP contribution in [0.3, 0.4) is 0 Å². The maximum Gasteiger partial charge on any atom is 0.205 e. The highest BCUT2D eigenvalue weighted by molar-refractivity contribution is 7.95. The second kappa shape index (κ2) is 4.23. The van der Waals surface area contributed by atoms with Crippen molar-refractivity contribution in [2.75, 3.05) is 6.61 Å². The van der Waals surface area contributed by atoms with Crippen molar-refractivity contribution in [3.8, 4) is 0 Å². The molecule has 17 heavy (non-hydrogen) atoms. The minimum Gasteiger partial charge on any atom is -0.373 e. The molecule has 1 heterocycles. The second-order valence-corrected chi connectivity index (χ2v) is 6.13. The summed E-state index contributed by atoms with van der Waals surface area (Å²) in [6.07, 6.45) is 1.42. The van der Waals surface area contributed by atoms with Gasteiger partial charge in [0.1, 0.15) is 5.82 Å². The van der Waals surface area contributed by atoms with E-state index in [9.17, 15) is 12.8 Å². The lowest BCUT2D eigenvalue weighted by molar-refractivity contribution is 0.101. The molecule has 0 saturated heterocycles. The molecule has 0 atom stereocenters. The van der Waals surface area contributed by atoms with E-state index in [4.69, 9.17) is 4.74 Å². The summed E-state index contributed by atoms with van der Waals surface area (Å²) in [7, 11) is -3.49. The first-order valence-corrected chi connectivity index (χ1v) is 6.76. The molecule has 0 saturated carbocycles. The molecule has 1 aliphatic heterocycles. The normalized spacial score (nSPS) is 17.1. The molecule has 0 bridgehead atoms. The summed E-state index contributed by atoms with van der Waals surface area (Å²) in [6.45, 7) is 3.68. The van der Waals surface area contributed by atoms with Gasteiger partial charge in [0, 0.05) is 0 Å². The van der Waals surface area contributed by atoms with E-state index in [1.54, 1.807) is 0 Å². The Morgan fingerprint density at radius 1 is 1.35 bits per heavy atom. The third-order valence-corrected chi connectivity index (χ3v) is 4.36. The van der Waals surface area contributed by atoms with Crippen LogP contribution in [-0.4, -0.2) is 21.1 Å². The molecule has 0 N–H and O–H groups in total. The Hall–Kier alpha value is -1.20. The first kappa shape index (κ1) is 12.3. The molecular weight excluding hydrogens is 243 g/mol. The minimum atomic E-state index is -3.49. The van der Waals surface area contributed by atoms with Crippen LogP contribution in [-0.2, 0) is 14.6 Å². The van der Waals surface area contributed by atoms with Gasteiger partial charge in [0.05, 0.1) is 22.5 Å². The van der Waals surface area contributed by atoms with Crippen molar-refractivity contribution in [1.29, 1.82) is 0 Å². The number of sulfone groups is 1. The summed E-state index contributed by atoms with van der Waals surface area (Å²) in [5.41, 5.74) is 0.396. The zero-order chi connectivity index (χ0) is 12.6. The van der Waals surface area contributed by atoms with Crippen molar-refractivity contribution in [1.82, 2.24) is 0 Å². The van der Waals surface area contributed by atoms with E-state index in [1.165, 1.54) is 18.2 Å². The Balaban J connectivity index is 2.37. The molecular formula is C12H13FO3S. The maximum absolute atomic E-state index is 13.0. The molecule has 2 rings (SSSR count). The van der Waals surface area contributed by atoms with E-state index in [1.807, 2.05) is 13.8 Å². The fraction of sp³-hybridized carbons (Fsp3) is 0.333. The van der Waals surface area contributed by atoms with Gasteiger partial charge < -0.3 is 4.74 Å². The van der Waals surface area contributed by atoms with Crippen LogP contribution in [0, 0.1) is 5.82 Å². The fourth-order valence-corrected chi connectivity index (χ4v) is 3.10. The number of rotatable bonds is 3. The summed E-state index contributed by atoms with van der Waals surface area (Å²) in [4.78, 5) is 0.341. The first-order valence-electron chi connectivity index (χ1n) is 5.28. The van der Waals surface area contributed by atoms with E-state index in [0.717, 1.165) is 6.07 Å². The van der Waals surface area contributed by atoms with Crippen LogP contribution in [0.25, 0.3) is 6.08 Å². The highest BCUT2D eigenvalue weighted by Crippen LogP contribution is 2.33. The van der Waals surface area contributed by atoms with Crippen molar-refractivity contribution in [3.63, 3.8) is 0 Å². The lowest BCUT2D eigenvalue weighted by Crippen LogP contribution is -2.10. The average Bonchev–Trinajstić information content (AvgIpc) is 2.46. The highest BCUT2D eigenvalue weighted by Gasteiger charge is 2.29. The summed E-state index contributed by atoms with van der Waals surface area (Å²) < 4.78 is 42.4. The lowest BCUT2D eigenvalue weighted by Gasteiger charge is -2.08. The molecule has 92 valence electrons. The molecule has 0 fully saturated rings. The van der Waals surface area contributed by atoms with Gasteiger partial charge in [-0.05, 0) is 43.7 Å². The van der Waals surface area contributed by atoms with Gasteiger partial charge in [-0.3, -0.25) is 0 Å². The van der Waals surface area contributed by atoms with Gasteiger partial charge in [0.15, 0.2) is 0 Å². The first-order chi connectivity index (χ1) is 7.91. The van der Waals surface area contributed by atoms with Crippen molar-refractivity contribution in [2.24, 2.45) is 0 Å². The maximum atomic E-state index is 13.0. The van der Waals surface area contributed by atoms with Gasteiger partial charge in [-0.1, -0.05) is 0 Å². The van der Waals surface area contributed by atoms with Crippen LogP contribution in [0.1, 0.15) is 19.4 Å². The zero-order valence-electron chi connectivity index (χ0n) is 9.60. The van der Waals surface area contributed by atoms with E-state index in [2.05, 4.69) is 0 Å². The minimum absolute atomic E-state index is 0.0241. The summed E-state index contributed by atoms with van der Waals surface area (Å²) in [5.74, 6) is -0.443. The number of ether oxygens (including phenoxy) is 1.